The molecule has 0 unspecified atom stereocenters. The summed E-state index contributed by atoms with van der Waals surface area (Å²) in [7, 11) is 1.74. The zero-order valence-electron chi connectivity index (χ0n) is 24.0. The lowest BCUT2D eigenvalue weighted by Gasteiger charge is -2.29. The van der Waals surface area contributed by atoms with Crippen molar-refractivity contribution < 1.29 is 40.7 Å². The number of halogens is 6. The fraction of sp³-hybridized carbons (Fsp3) is 0.500. The van der Waals surface area contributed by atoms with Crippen molar-refractivity contribution in [3.05, 3.63) is 59.7 Å². The Morgan fingerprint density at radius 2 is 1.65 bits per heavy atom. The van der Waals surface area contributed by atoms with E-state index in [9.17, 15) is 31.1 Å². The van der Waals surface area contributed by atoms with Gasteiger partial charge in [-0.25, -0.2) is 14.8 Å². The van der Waals surface area contributed by atoms with E-state index >= 15 is 0 Å². The minimum Gasteiger partial charge on any atom is -0.430 e. The summed E-state index contributed by atoms with van der Waals surface area (Å²) in [5.41, 5.74) is -1.72. The number of hydrogen-bond acceptors (Lipinski definition) is 8. The second-order valence-corrected chi connectivity index (χ2v) is 10.4. The molecule has 0 aliphatic carbocycles. The number of ether oxygens (including phenoxy) is 1. The minimum absolute atomic E-state index is 0.0856. The fourth-order valence-corrected chi connectivity index (χ4v) is 4.80. The van der Waals surface area contributed by atoms with Gasteiger partial charge in [0.1, 0.15) is 6.10 Å². The first-order chi connectivity index (χ1) is 20.2. The summed E-state index contributed by atoms with van der Waals surface area (Å²) in [6.07, 6.45) is -3.42. The van der Waals surface area contributed by atoms with Crippen molar-refractivity contribution >= 4 is 12.1 Å². The van der Waals surface area contributed by atoms with Crippen LogP contribution in [0.3, 0.4) is 0 Å². The molecule has 9 nitrogen and oxygen atoms in total. The molecule has 43 heavy (non-hydrogen) atoms. The van der Waals surface area contributed by atoms with E-state index in [1.165, 1.54) is 22.4 Å². The Morgan fingerprint density at radius 3 is 2.16 bits per heavy atom. The van der Waals surface area contributed by atoms with Crippen LogP contribution in [0.5, 0.6) is 0 Å². The summed E-state index contributed by atoms with van der Waals surface area (Å²) in [4.78, 5) is 28.2. The third kappa shape index (κ3) is 7.94. The van der Waals surface area contributed by atoms with E-state index in [0.717, 1.165) is 5.56 Å². The van der Waals surface area contributed by atoms with Gasteiger partial charge in [-0.1, -0.05) is 13.8 Å². The molecule has 1 aliphatic heterocycles. The molecule has 0 saturated carbocycles. The Hall–Kier alpha value is -3.88. The third-order valence-corrected chi connectivity index (χ3v) is 7.25. The van der Waals surface area contributed by atoms with E-state index in [-0.39, 0.29) is 42.8 Å². The van der Waals surface area contributed by atoms with Crippen LogP contribution < -0.4 is 4.90 Å². The summed E-state index contributed by atoms with van der Waals surface area (Å²) < 4.78 is 88.5. The Kier molecular flexibility index (Phi) is 9.52. The average Bonchev–Trinajstić information content (AvgIpc) is 3.56. The van der Waals surface area contributed by atoms with E-state index in [0.29, 0.717) is 37.0 Å². The van der Waals surface area contributed by atoms with Crippen molar-refractivity contribution in [1.29, 1.82) is 0 Å². The number of hydroxylamine groups is 2. The van der Waals surface area contributed by atoms with Crippen LogP contribution in [0, 0.1) is 0 Å². The number of hydrogen-bond donors (Lipinski definition) is 0. The smallest absolute Gasteiger partial charge is 0.430 e. The highest BCUT2D eigenvalue weighted by molar-refractivity contribution is 5.60. The Bertz CT molecular complexity index is 1360. The number of nitrogens with zero attached hydrogens (tertiary/aromatic N) is 6. The van der Waals surface area contributed by atoms with Gasteiger partial charge in [-0.15, -0.1) is 5.06 Å². The maximum atomic E-state index is 13.6. The van der Waals surface area contributed by atoms with Gasteiger partial charge < -0.3 is 14.5 Å². The summed E-state index contributed by atoms with van der Waals surface area (Å²) in [6.45, 7) is 5.14. The van der Waals surface area contributed by atoms with Crippen molar-refractivity contribution in [2.75, 3.05) is 11.4 Å². The minimum atomic E-state index is -5.00. The molecule has 0 N–H and O–H groups in total. The number of benzene rings is 1. The van der Waals surface area contributed by atoms with Crippen molar-refractivity contribution in [2.45, 2.75) is 77.1 Å². The predicted octanol–water partition coefficient (Wildman–Crippen LogP) is 6.64. The van der Waals surface area contributed by atoms with E-state index < -0.39 is 35.7 Å². The van der Waals surface area contributed by atoms with Crippen LogP contribution >= 0.6 is 0 Å². The molecule has 3 aromatic rings. The molecule has 2 aromatic heterocycles. The summed E-state index contributed by atoms with van der Waals surface area (Å²) in [5.74, 6) is 0.0856. The quantitative estimate of drug-likeness (QED) is 0.196. The molecule has 4 rings (SSSR count). The lowest BCUT2D eigenvalue weighted by molar-refractivity contribution is -0.143. The fourth-order valence-electron chi connectivity index (χ4n) is 4.80. The molecule has 1 saturated heterocycles. The topological polar surface area (TPSA) is 85.6 Å². The molecule has 0 amide bonds. The van der Waals surface area contributed by atoms with Gasteiger partial charge in [0.05, 0.1) is 23.9 Å². The van der Waals surface area contributed by atoms with Gasteiger partial charge >= 0.3 is 18.5 Å². The number of rotatable bonds is 9. The van der Waals surface area contributed by atoms with Crippen LogP contribution in [0.15, 0.2) is 43.0 Å². The molecular formula is C28H32F6N6O3. The largest absolute Gasteiger partial charge is 0.528 e. The number of aromatic nitrogens is 4. The molecule has 3 atom stereocenters. The first-order valence-corrected chi connectivity index (χ1v) is 13.7. The molecule has 1 aromatic carbocycles. The summed E-state index contributed by atoms with van der Waals surface area (Å²) in [6, 6.07) is 0.647. The standard InChI is InChI=1S/C28H32F6N6O3/c1-5-17(3)42-26(41)43-40-16-24(10-23(40)6-2)39(25-35-11-19(12-36-25)20-13-37-38(4)15-20)14-18-7-21(27(29,30)31)9-22(8-18)28(32,33)34/h7-9,11-13,15,17,23-24H,5-6,10,14,16H2,1-4H3/t17-,23-,24+/m1/s1. The highest BCUT2D eigenvalue weighted by atomic mass is 19.4. The molecule has 0 radical (unpaired) electrons. The van der Waals surface area contributed by atoms with Gasteiger partial charge in [-0.2, -0.15) is 31.4 Å². The Morgan fingerprint density at radius 1 is 1.02 bits per heavy atom. The average molecular weight is 615 g/mol. The number of anilines is 1. The van der Waals surface area contributed by atoms with Gasteiger partial charge in [-0.3, -0.25) is 4.68 Å². The van der Waals surface area contributed by atoms with E-state index in [2.05, 4.69) is 15.1 Å². The molecule has 0 bridgehead atoms. The molecule has 234 valence electrons. The van der Waals surface area contributed by atoms with Gasteiger partial charge in [-0.05, 0) is 49.9 Å². The van der Waals surface area contributed by atoms with Crippen molar-refractivity contribution in [3.8, 4) is 11.1 Å². The maximum Gasteiger partial charge on any atom is 0.528 e. The normalized spacial score (nSPS) is 18.5. The molecule has 1 aliphatic rings. The predicted molar refractivity (Wildman–Crippen MR) is 143 cm³/mol. The zero-order chi connectivity index (χ0) is 31.5. The number of carbonyl (C=O) groups is 1. The van der Waals surface area contributed by atoms with Gasteiger partial charge in [0.2, 0.25) is 5.95 Å². The molecular weight excluding hydrogens is 582 g/mol. The van der Waals surface area contributed by atoms with E-state index in [1.807, 2.05) is 13.8 Å². The highest BCUT2D eigenvalue weighted by Gasteiger charge is 2.40. The van der Waals surface area contributed by atoms with Crippen molar-refractivity contribution in [3.63, 3.8) is 0 Å². The first kappa shape index (κ1) is 32.0. The lowest BCUT2D eigenvalue weighted by Crippen LogP contribution is -2.39. The van der Waals surface area contributed by atoms with Crippen molar-refractivity contribution in [1.82, 2.24) is 24.8 Å². The second kappa shape index (κ2) is 12.8. The summed E-state index contributed by atoms with van der Waals surface area (Å²) >= 11 is 0. The van der Waals surface area contributed by atoms with Gasteiger partial charge in [0, 0.05) is 55.4 Å². The van der Waals surface area contributed by atoms with Crippen LogP contribution in [-0.4, -0.2) is 55.7 Å². The number of aryl methyl sites for hydroxylation is 1. The van der Waals surface area contributed by atoms with E-state index in [1.54, 1.807) is 31.0 Å². The van der Waals surface area contributed by atoms with Crippen LogP contribution in [0.2, 0.25) is 0 Å². The highest BCUT2D eigenvalue weighted by Crippen LogP contribution is 2.37. The monoisotopic (exact) mass is 614 g/mol. The Labute approximate surface area is 244 Å². The molecule has 3 heterocycles. The Balaban J connectivity index is 1.69. The zero-order valence-corrected chi connectivity index (χ0v) is 24.0. The van der Waals surface area contributed by atoms with Gasteiger partial charge in [0.15, 0.2) is 0 Å². The van der Waals surface area contributed by atoms with Crippen LogP contribution in [0.25, 0.3) is 11.1 Å². The third-order valence-electron chi connectivity index (χ3n) is 7.25. The van der Waals surface area contributed by atoms with Crippen LogP contribution in [0.4, 0.5) is 37.1 Å². The van der Waals surface area contributed by atoms with Gasteiger partial charge in [0.25, 0.3) is 0 Å². The molecule has 0 spiro atoms. The van der Waals surface area contributed by atoms with Crippen molar-refractivity contribution in [2.24, 2.45) is 7.05 Å². The number of alkyl halides is 6. The van der Waals surface area contributed by atoms with Crippen LogP contribution in [-0.2, 0) is 35.5 Å². The number of carbonyl (C=O) groups excluding carboxylic acids is 1. The summed E-state index contributed by atoms with van der Waals surface area (Å²) in [5, 5.41) is 5.54. The maximum absolute atomic E-state index is 13.6. The lowest BCUT2D eigenvalue weighted by atomic mass is 10.0. The van der Waals surface area contributed by atoms with Crippen LogP contribution in [0.1, 0.15) is 56.7 Å². The second-order valence-electron chi connectivity index (χ2n) is 10.4. The molecule has 1 fully saturated rings. The molecule has 15 heteroatoms. The van der Waals surface area contributed by atoms with E-state index in [4.69, 9.17) is 9.57 Å². The first-order valence-electron chi connectivity index (χ1n) is 13.7. The SMILES string of the molecule is CC[C@@H]1C[C@H](N(Cc2cc(C(F)(F)F)cc(C(F)(F)F)c2)c2ncc(-c3cnn(C)c3)cn2)CN1OC(=O)O[C@H](C)CC.